The second-order valence-electron chi connectivity index (χ2n) is 0.994. The van der Waals surface area contributed by atoms with Crippen LogP contribution in [-0.4, -0.2) is 4.98 Å². The van der Waals surface area contributed by atoms with Gasteiger partial charge in [-0.2, -0.15) is 0 Å². The molecule has 36 valence electrons. The number of rotatable bonds is 0. The third-order valence-corrected chi connectivity index (χ3v) is 1.06. The van der Waals surface area contributed by atoms with Crippen molar-refractivity contribution < 1.29 is 21.2 Å². The molecule has 2 heteroatoms. The van der Waals surface area contributed by atoms with Gasteiger partial charge in [0.25, 0.3) is 0 Å². The summed E-state index contributed by atoms with van der Waals surface area (Å²) in [6, 6.07) is 3.93. The van der Waals surface area contributed by atoms with Gasteiger partial charge < -0.3 is 2.85 Å². The van der Waals surface area contributed by atoms with Crippen LogP contribution < -0.4 is 4.29 Å². The number of aromatic nitrogens is 1. The third-order valence-electron chi connectivity index (χ3n) is 0.546. The van der Waals surface area contributed by atoms with E-state index in [0.717, 1.165) is 4.29 Å². The number of hydrogen-bond donors (Lipinski definition) is 1. The summed E-state index contributed by atoms with van der Waals surface area (Å²) in [5, 5.41) is 0. The first-order valence-electron chi connectivity index (χ1n) is 1.66. The SMILES string of the molecule is [H-].[H-].[Rh+2][c]1ccc[nH]1. The molecule has 0 radical (unpaired) electrons. The van der Waals surface area contributed by atoms with Gasteiger partial charge in [-0.25, -0.2) is 0 Å². The van der Waals surface area contributed by atoms with Gasteiger partial charge >= 0.3 is 45.9 Å². The van der Waals surface area contributed by atoms with Crippen LogP contribution in [0.5, 0.6) is 0 Å². The van der Waals surface area contributed by atoms with Crippen molar-refractivity contribution in [2.75, 3.05) is 0 Å². The van der Waals surface area contributed by atoms with E-state index < -0.39 is 0 Å². The molecule has 0 saturated carbocycles. The molecule has 0 fully saturated rings. The van der Waals surface area contributed by atoms with Crippen LogP contribution in [0.2, 0.25) is 0 Å². The van der Waals surface area contributed by atoms with Crippen molar-refractivity contribution in [2.24, 2.45) is 0 Å². The number of aromatic amines is 1. The van der Waals surface area contributed by atoms with E-state index in [1.165, 1.54) is 0 Å². The van der Waals surface area contributed by atoms with Gasteiger partial charge in [0.15, 0.2) is 0 Å². The van der Waals surface area contributed by atoms with Crippen molar-refractivity contribution in [3.8, 4) is 0 Å². The molecule has 0 bridgehead atoms. The number of nitrogens with one attached hydrogen (secondary N) is 1. The fourth-order valence-corrected chi connectivity index (χ4v) is 0.595. The molecule has 1 rings (SSSR count). The van der Waals surface area contributed by atoms with Crippen LogP contribution >= 0.6 is 0 Å². The zero-order chi connectivity index (χ0) is 4.41. The van der Waals surface area contributed by atoms with Gasteiger partial charge in [0.2, 0.25) is 0 Å². The van der Waals surface area contributed by atoms with Crippen molar-refractivity contribution in [1.82, 2.24) is 4.98 Å². The van der Waals surface area contributed by atoms with Gasteiger partial charge in [-0.3, -0.25) is 0 Å². The molecule has 0 unspecified atom stereocenters. The topological polar surface area (TPSA) is 15.8 Å². The Labute approximate surface area is 49.4 Å². The molecule has 0 amide bonds. The molecule has 0 aliphatic carbocycles. The minimum absolute atomic E-state index is 0. The molecule has 0 spiro atoms. The third kappa shape index (κ3) is 0.690. The van der Waals surface area contributed by atoms with Crippen LogP contribution in [0.25, 0.3) is 0 Å². The Hall–Kier alpha value is -0.0966. The van der Waals surface area contributed by atoms with Crippen molar-refractivity contribution >= 4 is 4.29 Å². The van der Waals surface area contributed by atoms with Crippen molar-refractivity contribution in [1.29, 1.82) is 0 Å². The Morgan fingerprint density at radius 1 is 1.83 bits per heavy atom. The summed E-state index contributed by atoms with van der Waals surface area (Å²) in [5.41, 5.74) is 0. The fraction of sp³-hybridized carbons (Fsp3) is 0. The molecule has 1 aromatic rings. The zero-order valence-corrected chi connectivity index (χ0v) is 4.70. The molecule has 6 heavy (non-hydrogen) atoms. The fourth-order valence-electron chi connectivity index (χ4n) is 0.300. The molecule has 0 aliphatic heterocycles. The molecule has 1 heterocycles. The average Bonchev–Trinajstić information content (AvgIpc) is 1.86. The van der Waals surface area contributed by atoms with Gasteiger partial charge in [0, 0.05) is 0 Å². The van der Waals surface area contributed by atoms with E-state index in [-0.39, 0.29) is 2.85 Å². The Morgan fingerprint density at radius 2 is 2.67 bits per heavy atom. The van der Waals surface area contributed by atoms with E-state index in [1.807, 2.05) is 18.3 Å². The Morgan fingerprint density at radius 3 is 2.83 bits per heavy atom. The van der Waals surface area contributed by atoms with Crippen molar-refractivity contribution in [3.63, 3.8) is 0 Å². The second kappa shape index (κ2) is 1.57. The summed E-state index contributed by atoms with van der Waals surface area (Å²) in [7, 11) is 0. The van der Waals surface area contributed by atoms with Gasteiger partial charge in [0.1, 0.15) is 0 Å². The van der Waals surface area contributed by atoms with Gasteiger partial charge in [-0.15, -0.1) is 0 Å². The summed E-state index contributed by atoms with van der Waals surface area (Å²) in [6.07, 6.45) is 1.88. The van der Waals surface area contributed by atoms with E-state index in [0.29, 0.717) is 0 Å². The van der Waals surface area contributed by atoms with Crippen LogP contribution in [0.15, 0.2) is 18.3 Å². The standard InChI is InChI=1S/C4H4N.Rh.2H/c1-2-4-5-3-1;;;/h1-3,5H;;;/q;+2;2*-1. The molecule has 1 N–H and O–H groups in total. The summed E-state index contributed by atoms with van der Waals surface area (Å²) in [5.74, 6) is 0. The predicted molar refractivity (Wildman–Crippen MR) is 22.7 cm³/mol. The van der Waals surface area contributed by atoms with Gasteiger partial charge in [-0.05, 0) is 0 Å². The molecule has 1 nitrogen and oxygen atoms in total. The number of hydrogen-bond acceptors (Lipinski definition) is 0. The van der Waals surface area contributed by atoms with Gasteiger partial charge in [0.05, 0.1) is 0 Å². The number of H-pyrrole nitrogens is 1. The van der Waals surface area contributed by atoms with Crippen LogP contribution in [0, 0.1) is 0 Å². The maximum absolute atomic E-state index is 2.95. The van der Waals surface area contributed by atoms with E-state index in [9.17, 15) is 0 Å². The normalized spacial score (nSPS) is 8.83. The summed E-state index contributed by atoms with van der Waals surface area (Å²) in [6.45, 7) is 0. The molecule has 0 atom stereocenters. The Balaban J connectivity index is 0. The molecular formula is C4H6NRh. The summed E-state index contributed by atoms with van der Waals surface area (Å²) in [4.78, 5) is 2.95. The molecular weight excluding hydrogens is 165 g/mol. The molecule has 0 saturated heterocycles. The van der Waals surface area contributed by atoms with Crippen LogP contribution in [0.1, 0.15) is 2.85 Å². The Bertz CT molecular complexity index is 118. The van der Waals surface area contributed by atoms with Crippen molar-refractivity contribution in [2.45, 2.75) is 0 Å². The van der Waals surface area contributed by atoms with Crippen LogP contribution in [-0.2, 0) is 18.3 Å². The minimum atomic E-state index is 0. The Kier molecular flexibility index (Phi) is 1.06. The van der Waals surface area contributed by atoms with Crippen LogP contribution in [0.4, 0.5) is 0 Å². The monoisotopic (exact) mass is 171 g/mol. The first-order valence-corrected chi connectivity index (χ1v) is 2.48. The van der Waals surface area contributed by atoms with E-state index in [1.54, 1.807) is 0 Å². The van der Waals surface area contributed by atoms with E-state index in [4.69, 9.17) is 0 Å². The van der Waals surface area contributed by atoms with Crippen LogP contribution in [0.3, 0.4) is 0 Å². The average molecular weight is 171 g/mol. The first-order chi connectivity index (χ1) is 2.89. The molecule has 0 aromatic carbocycles. The quantitative estimate of drug-likeness (QED) is 0.544. The first kappa shape index (κ1) is 4.07. The van der Waals surface area contributed by atoms with E-state index in [2.05, 4.69) is 23.3 Å². The summed E-state index contributed by atoms with van der Waals surface area (Å²) >= 11 is 2.73. The molecule has 1 aromatic heterocycles. The maximum atomic E-state index is 2.95. The zero-order valence-electron chi connectivity index (χ0n) is 5.07. The summed E-state index contributed by atoms with van der Waals surface area (Å²) < 4.78 is 1.11. The second-order valence-corrected chi connectivity index (χ2v) is 1.88. The van der Waals surface area contributed by atoms with E-state index >= 15 is 0 Å². The van der Waals surface area contributed by atoms with Crippen molar-refractivity contribution in [3.05, 3.63) is 18.3 Å². The predicted octanol–water partition coefficient (Wildman–Crippen LogP) is 0.412. The van der Waals surface area contributed by atoms with Gasteiger partial charge in [-0.1, -0.05) is 0 Å². The molecule has 0 aliphatic rings.